The maximum atomic E-state index is 5.31. The molecule has 2 rings (SSSR count). The van der Waals surface area contributed by atoms with Gasteiger partial charge >= 0.3 is 0 Å². The van der Waals surface area contributed by atoms with E-state index in [0.29, 0.717) is 10.8 Å². The molecule has 1 aromatic carbocycles. The van der Waals surface area contributed by atoms with Crippen LogP contribution in [0.1, 0.15) is 31.4 Å². The Morgan fingerprint density at radius 2 is 2.29 bits per heavy atom. The molecule has 0 radical (unpaired) electrons. The molecule has 1 saturated heterocycles. The lowest BCUT2D eigenvalue weighted by Gasteiger charge is -2.33. The first kappa shape index (κ1) is 12.8. The van der Waals surface area contributed by atoms with Crippen molar-refractivity contribution in [2.45, 2.75) is 30.6 Å². The summed E-state index contributed by atoms with van der Waals surface area (Å²) >= 11 is 2.08. The van der Waals surface area contributed by atoms with E-state index in [1.807, 2.05) is 13.1 Å². The summed E-state index contributed by atoms with van der Waals surface area (Å²) in [6, 6.07) is 8.80. The number of hydrogen-bond donors (Lipinski definition) is 1. The fourth-order valence-electron chi connectivity index (χ4n) is 2.67. The molecule has 1 aliphatic rings. The molecule has 0 saturated carbocycles. The van der Waals surface area contributed by atoms with Gasteiger partial charge in [0.05, 0.1) is 7.11 Å². The van der Waals surface area contributed by atoms with Crippen LogP contribution in [0.15, 0.2) is 24.3 Å². The van der Waals surface area contributed by atoms with Gasteiger partial charge in [-0.25, -0.2) is 0 Å². The molecule has 17 heavy (non-hydrogen) atoms. The van der Waals surface area contributed by atoms with Crippen molar-refractivity contribution in [1.82, 2.24) is 5.32 Å². The lowest BCUT2D eigenvalue weighted by Crippen LogP contribution is -2.35. The normalized spacial score (nSPS) is 25.8. The first-order valence-corrected chi connectivity index (χ1v) is 7.13. The summed E-state index contributed by atoms with van der Waals surface area (Å²) in [5.74, 6) is 2.22. The van der Waals surface area contributed by atoms with E-state index >= 15 is 0 Å². The van der Waals surface area contributed by atoms with Gasteiger partial charge in [-0.05, 0) is 50.3 Å². The highest BCUT2D eigenvalue weighted by Gasteiger charge is 2.37. The number of thioether (sulfide) groups is 1. The standard InChI is InChI=1S/C14H21NOS/c1-14(8-5-9-17-14)13(15-2)11-6-4-7-12(10-11)16-3/h4,6-7,10,13,15H,5,8-9H2,1-3H3. The summed E-state index contributed by atoms with van der Waals surface area (Å²) in [6.45, 7) is 2.37. The SMILES string of the molecule is CNC(c1cccc(OC)c1)C1(C)CCCS1. The van der Waals surface area contributed by atoms with Gasteiger partial charge < -0.3 is 10.1 Å². The molecule has 0 aliphatic carbocycles. The van der Waals surface area contributed by atoms with E-state index in [-0.39, 0.29) is 0 Å². The van der Waals surface area contributed by atoms with Gasteiger partial charge in [0.15, 0.2) is 0 Å². The van der Waals surface area contributed by atoms with Crippen molar-refractivity contribution in [3.8, 4) is 5.75 Å². The zero-order valence-electron chi connectivity index (χ0n) is 10.8. The molecule has 0 amide bonds. The van der Waals surface area contributed by atoms with Crippen molar-refractivity contribution < 1.29 is 4.74 Å². The van der Waals surface area contributed by atoms with Gasteiger partial charge in [-0.15, -0.1) is 0 Å². The summed E-state index contributed by atoms with van der Waals surface area (Å²) in [5, 5.41) is 3.48. The Morgan fingerprint density at radius 1 is 1.47 bits per heavy atom. The average Bonchev–Trinajstić information content (AvgIpc) is 2.78. The smallest absolute Gasteiger partial charge is 0.119 e. The van der Waals surface area contributed by atoms with Crippen LogP contribution in [0.25, 0.3) is 0 Å². The average molecular weight is 251 g/mol. The Labute approximate surface area is 108 Å². The lowest BCUT2D eigenvalue weighted by molar-refractivity contribution is 0.408. The van der Waals surface area contributed by atoms with Crippen LogP contribution in [0.4, 0.5) is 0 Å². The Hall–Kier alpha value is -0.670. The quantitative estimate of drug-likeness (QED) is 0.887. The van der Waals surface area contributed by atoms with Crippen molar-refractivity contribution >= 4 is 11.8 Å². The van der Waals surface area contributed by atoms with Crippen molar-refractivity contribution in [3.63, 3.8) is 0 Å². The highest BCUT2D eigenvalue weighted by molar-refractivity contribution is 8.00. The van der Waals surface area contributed by atoms with Gasteiger partial charge in [0.25, 0.3) is 0 Å². The van der Waals surface area contributed by atoms with Gasteiger partial charge in [0.2, 0.25) is 0 Å². The number of benzene rings is 1. The van der Waals surface area contributed by atoms with Gasteiger partial charge in [0, 0.05) is 10.8 Å². The number of nitrogens with one attached hydrogen (secondary N) is 1. The third-order valence-electron chi connectivity index (χ3n) is 3.58. The molecule has 2 unspecified atom stereocenters. The van der Waals surface area contributed by atoms with E-state index in [1.165, 1.54) is 24.2 Å². The predicted octanol–water partition coefficient (Wildman–Crippen LogP) is 3.24. The largest absolute Gasteiger partial charge is 0.497 e. The molecule has 0 spiro atoms. The molecule has 1 heterocycles. The van der Waals surface area contributed by atoms with E-state index in [0.717, 1.165) is 5.75 Å². The van der Waals surface area contributed by atoms with Crippen LogP contribution >= 0.6 is 11.8 Å². The minimum atomic E-state index is 0.307. The van der Waals surface area contributed by atoms with Crippen molar-refractivity contribution in [1.29, 1.82) is 0 Å². The zero-order valence-corrected chi connectivity index (χ0v) is 11.6. The third kappa shape index (κ3) is 2.61. The third-order valence-corrected chi connectivity index (χ3v) is 5.17. The minimum absolute atomic E-state index is 0.307. The van der Waals surface area contributed by atoms with E-state index in [4.69, 9.17) is 4.74 Å². The van der Waals surface area contributed by atoms with Crippen LogP contribution in [0.2, 0.25) is 0 Å². The Morgan fingerprint density at radius 3 is 2.88 bits per heavy atom. The van der Waals surface area contributed by atoms with Gasteiger partial charge in [-0.2, -0.15) is 11.8 Å². The number of rotatable bonds is 4. The van der Waals surface area contributed by atoms with Crippen LogP contribution < -0.4 is 10.1 Å². The summed E-state index contributed by atoms with van der Waals surface area (Å²) in [5.41, 5.74) is 1.32. The summed E-state index contributed by atoms with van der Waals surface area (Å²) in [6.07, 6.45) is 2.60. The second-order valence-electron chi connectivity index (χ2n) is 4.76. The molecule has 0 bridgehead atoms. The maximum Gasteiger partial charge on any atom is 0.119 e. The molecule has 0 aromatic heterocycles. The van der Waals surface area contributed by atoms with Crippen LogP contribution in [0.5, 0.6) is 5.75 Å². The van der Waals surface area contributed by atoms with E-state index in [1.54, 1.807) is 7.11 Å². The van der Waals surface area contributed by atoms with E-state index < -0.39 is 0 Å². The van der Waals surface area contributed by atoms with E-state index in [2.05, 4.69) is 42.2 Å². The highest BCUT2D eigenvalue weighted by Crippen LogP contribution is 2.46. The van der Waals surface area contributed by atoms with Gasteiger partial charge in [-0.3, -0.25) is 0 Å². The molecule has 94 valence electrons. The molecule has 1 fully saturated rings. The highest BCUT2D eigenvalue weighted by atomic mass is 32.2. The maximum absolute atomic E-state index is 5.31. The number of hydrogen-bond acceptors (Lipinski definition) is 3. The molecule has 1 N–H and O–H groups in total. The Bertz CT molecular complexity index is 374. The fraction of sp³-hybridized carbons (Fsp3) is 0.571. The number of methoxy groups -OCH3 is 1. The zero-order chi connectivity index (χ0) is 12.3. The van der Waals surface area contributed by atoms with Crippen LogP contribution in [-0.4, -0.2) is 24.7 Å². The Balaban J connectivity index is 2.27. The molecular formula is C14H21NOS. The molecule has 1 aromatic rings. The van der Waals surface area contributed by atoms with Crippen molar-refractivity contribution in [3.05, 3.63) is 29.8 Å². The van der Waals surface area contributed by atoms with Crippen LogP contribution in [0, 0.1) is 0 Å². The van der Waals surface area contributed by atoms with Crippen molar-refractivity contribution in [2.75, 3.05) is 19.9 Å². The fourth-order valence-corrected chi connectivity index (χ4v) is 4.14. The summed E-state index contributed by atoms with van der Waals surface area (Å²) < 4.78 is 5.62. The molecule has 2 atom stereocenters. The van der Waals surface area contributed by atoms with Crippen LogP contribution in [0.3, 0.4) is 0 Å². The van der Waals surface area contributed by atoms with Gasteiger partial charge in [-0.1, -0.05) is 12.1 Å². The second-order valence-corrected chi connectivity index (χ2v) is 6.39. The van der Waals surface area contributed by atoms with E-state index in [9.17, 15) is 0 Å². The summed E-state index contributed by atoms with van der Waals surface area (Å²) in [4.78, 5) is 0. The van der Waals surface area contributed by atoms with Gasteiger partial charge in [0.1, 0.15) is 5.75 Å². The lowest BCUT2D eigenvalue weighted by atomic mass is 9.90. The molecule has 2 nitrogen and oxygen atoms in total. The first-order valence-electron chi connectivity index (χ1n) is 6.15. The summed E-state index contributed by atoms with van der Waals surface area (Å²) in [7, 11) is 3.77. The topological polar surface area (TPSA) is 21.3 Å². The van der Waals surface area contributed by atoms with Crippen LogP contribution in [-0.2, 0) is 0 Å². The monoisotopic (exact) mass is 251 g/mol. The number of ether oxygens (including phenoxy) is 1. The van der Waals surface area contributed by atoms with Crippen molar-refractivity contribution in [2.24, 2.45) is 0 Å². The molecule has 1 aliphatic heterocycles. The molecular weight excluding hydrogens is 230 g/mol. The second kappa shape index (κ2) is 5.32. The molecule has 3 heteroatoms. The Kier molecular flexibility index (Phi) is 4.00. The minimum Gasteiger partial charge on any atom is -0.497 e. The first-order chi connectivity index (χ1) is 8.19. The predicted molar refractivity (Wildman–Crippen MR) is 74.9 cm³/mol.